The number of allylic oxidation sites excluding steroid dienone is 2. The predicted molar refractivity (Wildman–Crippen MR) is 106 cm³/mol. The van der Waals surface area contributed by atoms with Gasteiger partial charge in [-0.25, -0.2) is 4.79 Å². The largest absolute Gasteiger partial charge is 0.344 e. The molecule has 1 aromatic heterocycles. The van der Waals surface area contributed by atoms with Crippen molar-refractivity contribution < 1.29 is 9.72 Å². The fourth-order valence-electron chi connectivity index (χ4n) is 4.28. The maximum atomic E-state index is 13.1. The van der Waals surface area contributed by atoms with Crippen LogP contribution in [0.15, 0.2) is 45.1 Å². The number of nitro benzene ring substituents is 1. The Bertz CT molecular complexity index is 1220. The van der Waals surface area contributed by atoms with Crippen LogP contribution in [0.25, 0.3) is 0 Å². The van der Waals surface area contributed by atoms with Crippen molar-refractivity contribution in [1.29, 1.82) is 0 Å². The normalized spacial score (nSPS) is 20.0. The molecule has 1 aliphatic heterocycles. The zero-order valence-electron chi connectivity index (χ0n) is 16.2. The van der Waals surface area contributed by atoms with E-state index in [1.807, 2.05) is 13.8 Å². The summed E-state index contributed by atoms with van der Waals surface area (Å²) in [6, 6.07) is 5.93. The molecule has 29 heavy (non-hydrogen) atoms. The molecule has 0 radical (unpaired) electrons. The number of rotatable bonds is 2. The second-order valence-corrected chi connectivity index (χ2v) is 8.32. The van der Waals surface area contributed by atoms with Crippen LogP contribution in [0.1, 0.15) is 43.7 Å². The maximum Gasteiger partial charge on any atom is 0.329 e. The van der Waals surface area contributed by atoms with Gasteiger partial charge in [0.15, 0.2) is 5.78 Å². The number of nitrogens with one attached hydrogen (secondary N) is 2. The molecule has 0 spiro atoms. The van der Waals surface area contributed by atoms with E-state index in [9.17, 15) is 24.5 Å². The zero-order chi connectivity index (χ0) is 21.1. The summed E-state index contributed by atoms with van der Waals surface area (Å²) in [7, 11) is 1.52. The number of anilines is 1. The number of fused-ring (bicyclic) bond motifs is 1. The minimum atomic E-state index is -0.791. The first-order chi connectivity index (χ1) is 13.6. The number of carbonyl (C=O) groups is 1. The third-order valence-electron chi connectivity index (χ3n) is 5.54. The lowest BCUT2D eigenvalue weighted by Gasteiger charge is -2.39. The highest BCUT2D eigenvalue weighted by molar-refractivity contribution is 6.01. The lowest BCUT2D eigenvalue weighted by atomic mass is 9.69. The number of nitro groups is 1. The molecule has 9 nitrogen and oxygen atoms in total. The number of aromatic amines is 1. The summed E-state index contributed by atoms with van der Waals surface area (Å²) in [5.74, 6) is -0.598. The van der Waals surface area contributed by atoms with Gasteiger partial charge < -0.3 is 5.32 Å². The lowest BCUT2D eigenvalue weighted by Crippen LogP contribution is -2.41. The second-order valence-electron chi connectivity index (χ2n) is 8.32. The van der Waals surface area contributed by atoms with E-state index < -0.39 is 22.1 Å². The fourth-order valence-corrected chi connectivity index (χ4v) is 4.28. The number of hydrogen-bond acceptors (Lipinski definition) is 6. The van der Waals surface area contributed by atoms with Crippen molar-refractivity contribution in [2.45, 2.75) is 32.6 Å². The molecule has 4 rings (SSSR count). The standard InChI is InChI=1S/C20H20N4O5/c1-20(2)8-12-15(13(25)9-20)14(10-5-4-6-11(7-10)24(28)29)16-17(21-12)23(3)19(27)22-18(16)26/h4-7,14,21H,8-9H2,1-3H3,(H,22,26,27). The first-order valence-corrected chi connectivity index (χ1v) is 9.20. The van der Waals surface area contributed by atoms with Crippen molar-refractivity contribution >= 4 is 17.3 Å². The van der Waals surface area contributed by atoms with E-state index in [0.717, 1.165) is 0 Å². The molecule has 2 aromatic rings. The molecular weight excluding hydrogens is 376 g/mol. The molecule has 0 saturated carbocycles. The summed E-state index contributed by atoms with van der Waals surface area (Å²) in [6.07, 6.45) is 0.859. The van der Waals surface area contributed by atoms with E-state index >= 15 is 0 Å². The summed E-state index contributed by atoms with van der Waals surface area (Å²) >= 11 is 0. The highest BCUT2D eigenvalue weighted by Crippen LogP contribution is 2.47. The number of ketones is 1. The zero-order valence-corrected chi connectivity index (χ0v) is 16.2. The van der Waals surface area contributed by atoms with E-state index in [2.05, 4.69) is 10.3 Å². The van der Waals surface area contributed by atoms with Crippen molar-refractivity contribution in [1.82, 2.24) is 9.55 Å². The summed E-state index contributed by atoms with van der Waals surface area (Å²) in [4.78, 5) is 51.1. The predicted octanol–water partition coefficient (Wildman–Crippen LogP) is 2.18. The SMILES string of the molecule is Cn1c2c(c(=O)[nH]c1=O)C(c1cccc([N+](=O)[O-])c1)C1=C(CC(C)(C)CC1=O)N2. The number of non-ortho nitro benzene ring substituents is 1. The van der Waals surface area contributed by atoms with E-state index in [0.29, 0.717) is 35.5 Å². The monoisotopic (exact) mass is 396 g/mol. The van der Waals surface area contributed by atoms with Crippen LogP contribution in [0, 0.1) is 15.5 Å². The van der Waals surface area contributed by atoms with Crippen molar-refractivity contribution in [3.05, 3.63) is 77.6 Å². The molecule has 2 N–H and O–H groups in total. The third-order valence-corrected chi connectivity index (χ3v) is 5.54. The van der Waals surface area contributed by atoms with Crippen LogP contribution < -0.4 is 16.6 Å². The topological polar surface area (TPSA) is 127 Å². The highest BCUT2D eigenvalue weighted by atomic mass is 16.6. The number of carbonyl (C=O) groups excluding carboxylic acids is 1. The number of nitrogens with zero attached hydrogens (tertiary/aromatic N) is 2. The van der Waals surface area contributed by atoms with Crippen LogP contribution in [-0.2, 0) is 11.8 Å². The van der Waals surface area contributed by atoms with Gasteiger partial charge >= 0.3 is 5.69 Å². The lowest BCUT2D eigenvalue weighted by molar-refractivity contribution is -0.384. The minimum absolute atomic E-state index is 0.112. The van der Waals surface area contributed by atoms with Crippen LogP contribution in [0.4, 0.5) is 11.5 Å². The maximum absolute atomic E-state index is 13.1. The number of hydrogen-bond donors (Lipinski definition) is 2. The van der Waals surface area contributed by atoms with Gasteiger partial charge in [0.05, 0.1) is 10.5 Å². The molecule has 1 atom stereocenters. The second kappa shape index (κ2) is 6.26. The number of Topliss-reactive ketones (excluding diaryl/α,β-unsaturated/α-hetero) is 1. The molecule has 0 saturated heterocycles. The third kappa shape index (κ3) is 2.98. The van der Waals surface area contributed by atoms with Gasteiger partial charge in [-0.15, -0.1) is 0 Å². The molecule has 0 amide bonds. The van der Waals surface area contributed by atoms with Gasteiger partial charge in [0.1, 0.15) is 5.82 Å². The molecule has 0 bridgehead atoms. The van der Waals surface area contributed by atoms with Gasteiger partial charge in [0.2, 0.25) is 0 Å². The number of benzene rings is 1. The van der Waals surface area contributed by atoms with E-state index in [4.69, 9.17) is 0 Å². The molecule has 1 aliphatic carbocycles. The summed E-state index contributed by atoms with van der Waals surface area (Å²) in [6.45, 7) is 3.95. The van der Waals surface area contributed by atoms with Crippen molar-refractivity contribution in [2.75, 3.05) is 5.32 Å². The Morgan fingerprint density at radius 2 is 1.93 bits per heavy atom. The van der Waals surface area contributed by atoms with Crippen molar-refractivity contribution in [3.63, 3.8) is 0 Å². The molecule has 1 unspecified atom stereocenters. The summed E-state index contributed by atoms with van der Waals surface area (Å²) in [5, 5.41) is 14.4. The quantitative estimate of drug-likeness (QED) is 0.592. The Balaban J connectivity index is 2.05. The van der Waals surface area contributed by atoms with Crippen LogP contribution in [0.3, 0.4) is 0 Å². The Kier molecular flexibility index (Phi) is 4.07. The molecular formula is C20H20N4O5. The van der Waals surface area contributed by atoms with Crippen molar-refractivity contribution in [3.8, 4) is 0 Å². The smallest absolute Gasteiger partial charge is 0.329 e. The fraction of sp³-hybridized carbons (Fsp3) is 0.350. The van der Waals surface area contributed by atoms with Crippen LogP contribution in [0.2, 0.25) is 0 Å². The molecule has 2 aliphatic rings. The average Bonchev–Trinajstić information content (AvgIpc) is 2.63. The molecule has 1 aromatic carbocycles. The van der Waals surface area contributed by atoms with Crippen LogP contribution in [-0.4, -0.2) is 20.3 Å². The van der Waals surface area contributed by atoms with E-state index in [1.165, 1.54) is 29.8 Å². The Hall–Kier alpha value is -3.49. The van der Waals surface area contributed by atoms with Gasteiger partial charge in [0, 0.05) is 42.8 Å². The van der Waals surface area contributed by atoms with Crippen LogP contribution >= 0.6 is 0 Å². The molecule has 150 valence electrons. The van der Waals surface area contributed by atoms with Gasteiger partial charge in [0.25, 0.3) is 11.2 Å². The molecule has 2 heterocycles. The average molecular weight is 396 g/mol. The van der Waals surface area contributed by atoms with Gasteiger partial charge in [-0.2, -0.15) is 0 Å². The Morgan fingerprint density at radius 3 is 2.62 bits per heavy atom. The first kappa shape index (κ1) is 18.9. The van der Waals surface area contributed by atoms with E-state index in [-0.39, 0.29) is 22.4 Å². The summed E-state index contributed by atoms with van der Waals surface area (Å²) in [5.41, 5.74) is 0.145. The van der Waals surface area contributed by atoms with Gasteiger partial charge in [-0.3, -0.25) is 29.3 Å². The first-order valence-electron chi connectivity index (χ1n) is 9.20. The van der Waals surface area contributed by atoms with Crippen molar-refractivity contribution in [2.24, 2.45) is 12.5 Å². The molecule has 9 heteroatoms. The summed E-state index contributed by atoms with van der Waals surface area (Å²) < 4.78 is 1.29. The number of H-pyrrole nitrogens is 1. The molecule has 0 fully saturated rings. The minimum Gasteiger partial charge on any atom is -0.344 e. The van der Waals surface area contributed by atoms with E-state index in [1.54, 1.807) is 6.07 Å². The Labute approximate surface area is 165 Å². The van der Waals surface area contributed by atoms with Crippen LogP contribution in [0.5, 0.6) is 0 Å². The van der Waals surface area contributed by atoms with Gasteiger partial charge in [-0.05, 0) is 17.4 Å². The Morgan fingerprint density at radius 1 is 1.21 bits per heavy atom. The van der Waals surface area contributed by atoms with Gasteiger partial charge in [-0.1, -0.05) is 26.0 Å². The number of aromatic nitrogens is 2. The highest BCUT2D eigenvalue weighted by Gasteiger charge is 2.42.